The highest BCUT2D eigenvalue weighted by molar-refractivity contribution is 7.09. The molecule has 1 aliphatic heterocycles. The van der Waals surface area contributed by atoms with Crippen LogP contribution in [0.3, 0.4) is 0 Å². The second-order valence-electron chi connectivity index (χ2n) is 6.17. The zero-order valence-electron chi connectivity index (χ0n) is 12.5. The minimum Gasteiger partial charge on any atom is -0.308 e. The number of nitrogens with one attached hydrogen (secondary N) is 1. The molecule has 1 aromatic heterocycles. The molecule has 0 atom stereocenters. The zero-order valence-corrected chi connectivity index (χ0v) is 13.3. The van der Waals surface area contributed by atoms with Crippen molar-refractivity contribution in [3.63, 3.8) is 0 Å². The number of likely N-dealkylation sites (tertiary alicyclic amines) is 1. The maximum absolute atomic E-state index is 4.73. The molecule has 2 aliphatic rings. The molecule has 112 valence electrons. The number of thiazole rings is 1. The van der Waals surface area contributed by atoms with Gasteiger partial charge in [-0.15, -0.1) is 11.3 Å². The summed E-state index contributed by atoms with van der Waals surface area (Å²) in [5.41, 5.74) is 1.23. The molecule has 5 heteroatoms. The van der Waals surface area contributed by atoms with Gasteiger partial charge in [-0.05, 0) is 45.8 Å². The van der Waals surface area contributed by atoms with Crippen molar-refractivity contribution in [1.82, 2.24) is 20.1 Å². The van der Waals surface area contributed by atoms with Crippen molar-refractivity contribution >= 4 is 11.3 Å². The first-order valence-electron chi connectivity index (χ1n) is 7.87. The van der Waals surface area contributed by atoms with Crippen LogP contribution in [0.1, 0.15) is 36.4 Å². The molecule has 4 nitrogen and oxygen atoms in total. The fraction of sp³-hybridized carbons (Fsp3) is 0.800. The topological polar surface area (TPSA) is 31.4 Å². The van der Waals surface area contributed by atoms with Gasteiger partial charge in [0.15, 0.2) is 0 Å². The van der Waals surface area contributed by atoms with E-state index in [4.69, 9.17) is 4.98 Å². The third-order valence-corrected chi connectivity index (χ3v) is 5.04. The molecule has 1 saturated heterocycles. The molecular weight excluding hydrogens is 268 g/mol. The Bertz CT molecular complexity index is 410. The first-order valence-corrected chi connectivity index (χ1v) is 8.75. The Morgan fingerprint density at radius 2 is 2.20 bits per heavy atom. The van der Waals surface area contributed by atoms with Gasteiger partial charge < -0.3 is 10.2 Å². The molecule has 2 heterocycles. The summed E-state index contributed by atoms with van der Waals surface area (Å²) in [6, 6.07) is 0.769. The molecule has 3 rings (SSSR count). The highest BCUT2D eigenvalue weighted by Crippen LogP contribution is 2.20. The molecule has 0 radical (unpaired) electrons. The summed E-state index contributed by atoms with van der Waals surface area (Å²) in [7, 11) is 2.21. The van der Waals surface area contributed by atoms with E-state index in [1.165, 1.54) is 56.0 Å². The lowest BCUT2D eigenvalue weighted by atomic mass is 10.4. The van der Waals surface area contributed by atoms with E-state index in [1.807, 2.05) is 0 Å². The molecule has 0 bridgehead atoms. The van der Waals surface area contributed by atoms with Gasteiger partial charge in [-0.1, -0.05) is 0 Å². The van der Waals surface area contributed by atoms with Crippen LogP contribution >= 0.6 is 11.3 Å². The first-order chi connectivity index (χ1) is 9.79. The summed E-state index contributed by atoms with van der Waals surface area (Å²) < 4.78 is 0. The van der Waals surface area contributed by atoms with E-state index in [-0.39, 0.29) is 0 Å². The number of nitrogens with zero attached hydrogens (tertiary/aromatic N) is 3. The molecule has 1 aromatic rings. The predicted molar refractivity (Wildman–Crippen MR) is 84.0 cm³/mol. The van der Waals surface area contributed by atoms with E-state index in [2.05, 4.69) is 27.5 Å². The Morgan fingerprint density at radius 3 is 2.95 bits per heavy atom. The van der Waals surface area contributed by atoms with Gasteiger partial charge in [0, 0.05) is 37.6 Å². The number of hydrogen-bond acceptors (Lipinski definition) is 5. The lowest BCUT2D eigenvalue weighted by Crippen LogP contribution is -2.31. The second kappa shape index (κ2) is 6.98. The second-order valence-corrected chi connectivity index (χ2v) is 7.12. The number of aromatic nitrogens is 1. The SMILES string of the molecule is CN(CCN1CCCC1)Cc1csc(CNC2CC2)n1. The van der Waals surface area contributed by atoms with Crippen molar-refractivity contribution in [3.05, 3.63) is 16.1 Å². The van der Waals surface area contributed by atoms with Crippen LogP contribution in [-0.4, -0.2) is 54.1 Å². The average Bonchev–Trinajstić information content (AvgIpc) is 2.94. The molecule has 0 spiro atoms. The molecule has 0 aromatic carbocycles. The molecule has 1 N–H and O–H groups in total. The van der Waals surface area contributed by atoms with E-state index in [9.17, 15) is 0 Å². The molecule has 1 saturated carbocycles. The Morgan fingerprint density at radius 1 is 1.40 bits per heavy atom. The summed E-state index contributed by atoms with van der Waals surface area (Å²) in [6.07, 6.45) is 5.45. The van der Waals surface area contributed by atoms with Crippen LogP contribution in [-0.2, 0) is 13.1 Å². The summed E-state index contributed by atoms with van der Waals surface area (Å²) in [5.74, 6) is 0. The summed E-state index contributed by atoms with van der Waals surface area (Å²) in [5, 5.41) is 6.98. The smallest absolute Gasteiger partial charge is 0.107 e. The largest absolute Gasteiger partial charge is 0.308 e. The first kappa shape index (κ1) is 14.4. The van der Waals surface area contributed by atoms with Crippen LogP contribution in [0.2, 0.25) is 0 Å². The van der Waals surface area contributed by atoms with E-state index < -0.39 is 0 Å². The van der Waals surface area contributed by atoms with Crippen molar-refractivity contribution in [3.8, 4) is 0 Å². The summed E-state index contributed by atoms with van der Waals surface area (Å²) in [6.45, 7) is 6.87. The van der Waals surface area contributed by atoms with Crippen molar-refractivity contribution in [2.45, 2.75) is 44.8 Å². The third-order valence-electron chi connectivity index (χ3n) is 4.15. The molecular formula is C15H26N4S. The predicted octanol–water partition coefficient (Wildman–Crippen LogP) is 1.92. The van der Waals surface area contributed by atoms with Crippen LogP contribution in [0.15, 0.2) is 5.38 Å². The Labute approximate surface area is 126 Å². The molecule has 2 fully saturated rings. The van der Waals surface area contributed by atoms with Crippen LogP contribution in [0.5, 0.6) is 0 Å². The lowest BCUT2D eigenvalue weighted by Gasteiger charge is -2.20. The maximum Gasteiger partial charge on any atom is 0.107 e. The molecule has 0 unspecified atom stereocenters. The van der Waals surface area contributed by atoms with Gasteiger partial charge in [0.2, 0.25) is 0 Å². The van der Waals surface area contributed by atoms with E-state index >= 15 is 0 Å². The summed E-state index contributed by atoms with van der Waals surface area (Å²) >= 11 is 1.79. The average molecular weight is 294 g/mol. The van der Waals surface area contributed by atoms with Gasteiger partial charge in [0.1, 0.15) is 5.01 Å². The van der Waals surface area contributed by atoms with Crippen LogP contribution in [0, 0.1) is 0 Å². The van der Waals surface area contributed by atoms with E-state index in [0.717, 1.165) is 25.7 Å². The number of likely N-dealkylation sites (N-methyl/N-ethyl adjacent to an activating group) is 1. The van der Waals surface area contributed by atoms with Crippen molar-refractivity contribution < 1.29 is 0 Å². The minimum absolute atomic E-state index is 0.769. The molecule has 20 heavy (non-hydrogen) atoms. The quantitative estimate of drug-likeness (QED) is 0.794. The van der Waals surface area contributed by atoms with Gasteiger partial charge in [-0.25, -0.2) is 4.98 Å². The molecule has 0 amide bonds. The van der Waals surface area contributed by atoms with E-state index in [1.54, 1.807) is 11.3 Å². The number of hydrogen-bond donors (Lipinski definition) is 1. The lowest BCUT2D eigenvalue weighted by molar-refractivity contribution is 0.251. The summed E-state index contributed by atoms with van der Waals surface area (Å²) in [4.78, 5) is 9.70. The highest BCUT2D eigenvalue weighted by atomic mass is 32.1. The monoisotopic (exact) mass is 294 g/mol. The van der Waals surface area contributed by atoms with Gasteiger partial charge >= 0.3 is 0 Å². The molecule has 1 aliphatic carbocycles. The van der Waals surface area contributed by atoms with Crippen molar-refractivity contribution in [2.75, 3.05) is 33.2 Å². The van der Waals surface area contributed by atoms with Crippen LogP contribution in [0.25, 0.3) is 0 Å². The third kappa shape index (κ3) is 4.52. The normalized spacial score (nSPS) is 20.1. The van der Waals surface area contributed by atoms with Crippen molar-refractivity contribution in [2.24, 2.45) is 0 Å². The number of rotatable bonds is 8. The van der Waals surface area contributed by atoms with Crippen LogP contribution < -0.4 is 5.32 Å². The van der Waals surface area contributed by atoms with Gasteiger partial charge in [0.05, 0.1) is 5.69 Å². The standard InChI is InChI=1S/C15H26N4S/c1-18(8-9-19-6-2-3-7-19)11-14-12-20-15(17-14)10-16-13-4-5-13/h12-13,16H,2-11H2,1H3. The van der Waals surface area contributed by atoms with E-state index in [0.29, 0.717) is 0 Å². The Kier molecular flexibility index (Phi) is 5.04. The van der Waals surface area contributed by atoms with Gasteiger partial charge in [-0.2, -0.15) is 0 Å². The Hall–Kier alpha value is -0.490. The van der Waals surface area contributed by atoms with Crippen molar-refractivity contribution in [1.29, 1.82) is 0 Å². The Balaban J connectivity index is 1.37. The minimum atomic E-state index is 0.769. The maximum atomic E-state index is 4.73. The fourth-order valence-electron chi connectivity index (χ4n) is 2.70. The van der Waals surface area contributed by atoms with Gasteiger partial charge in [0.25, 0.3) is 0 Å². The highest BCUT2D eigenvalue weighted by Gasteiger charge is 2.20. The van der Waals surface area contributed by atoms with Crippen LogP contribution in [0.4, 0.5) is 0 Å². The fourth-order valence-corrected chi connectivity index (χ4v) is 3.43. The zero-order chi connectivity index (χ0) is 13.8. The van der Waals surface area contributed by atoms with Gasteiger partial charge in [-0.3, -0.25) is 4.90 Å².